The van der Waals surface area contributed by atoms with E-state index in [-0.39, 0.29) is 11.1 Å². The van der Waals surface area contributed by atoms with Gasteiger partial charge in [0.15, 0.2) is 0 Å². The molecule has 0 amide bonds. The molecule has 0 saturated carbocycles. The van der Waals surface area contributed by atoms with Gasteiger partial charge < -0.3 is 9.47 Å². The average molecular weight is 488 g/mol. The van der Waals surface area contributed by atoms with Gasteiger partial charge in [-0.25, -0.2) is 9.59 Å². The lowest BCUT2D eigenvalue weighted by atomic mass is 10.1. The van der Waals surface area contributed by atoms with Crippen LogP contribution >= 0.6 is 22.6 Å². The van der Waals surface area contributed by atoms with Crippen molar-refractivity contribution in [1.82, 2.24) is 0 Å². The maximum absolute atomic E-state index is 12.4. The summed E-state index contributed by atoms with van der Waals surface area (Å²) in [5.41, 5.74) is 0.574. The zero-order chi connectivity index (χ0) is 20.2. The number of halogens is 1. The molecule has 0 spiro atoms. The Hall–Kier alpha value is -1.11. The second kappa shape index (κ2) is 13.1. The zero-order valence-electron chi connectivity index (χ0n) is 17.1. The number of carbonyl (C=O) groups is 2. The van der Waals surface area contributed by atoms with E-state index in [0.717, 1.165) is 42.1 Å². The maximum Gasteiger partial charge on any atom is 0.339 e. The van der Waals surface area contributed by atoms with Crippen molar-refractivity contribution in [2.75, 3.05) is 13.2 Å². The summed E-state index contributed by atoms with van der Waals surface area (Å²) in [7, 11) is 0. The molecule has 1 rings (SSSR count). The smallest absolute Gasteiger partial charge is 0.339 e. The number of unbranched alkanes of at least 4 members (excludes halogenated alkanes) is 2. The Morgan fingerprint density at radius 2 is 1.30 bits per heavy atom. The van der Waals surface area contributed by atoms with Crippen LogP contribution in [0.5, 0.6) is 0 Å². The molecule has 0 N–H and O–H groups in total. The first-order valence-corrected chi connectivity index (χ1v) is 11.0. The summed E-state index contributed by atoms with van der Waals surface area (Å²) in [4.78, 5) is 24.8. The largest absolute Gasteiger partial charge is 0.462 e. The highest BCUT2D eigenvalue weighted by molar-refractivity contribution is 14.1. The van der Waals surface area contributed by atoms with E-state index in [9.17, 15) is 9.59 Å². The Morgan fingerprint density at radius 3 is 1.78 bits per heavy atom. The van der Waals surface area contributed by atoms with Crippen LogP contribution < -0.4 is 0 Å². The Balaban J connectivity index is 2.57. The molecule has 0 aliphatic heterocycles. The van der Waals surface area contributed by atoms with Gasteiger partial charge in [0.05, 0.1) is 24.3 Å². The van der Waals surface area contributed by atoms with Gasteiger partial charge in [0.1, 0.15) is 0 Å². The molecule has 0 aromatic heterocycles. The van der Waals surface area contributed by atoms with Gasteiger partial charge in [0.25, 0.3) is 0 Å². The number of hydrogen-bond donors (Lipinski definition) is 0. The van der Waals surface area contributed by atoms with Crippen molar-refractivity contribution in [2.45, 2.75) is 66.2 Å². The van der Waals surface area contributed by atoms with Gasteiger partial charge in [-0.15, -0.1) is 0 Å². The number of rotatable bonds is 12. The van der Waals surface area contributed by atoms with E-state index in [1.807, 2.05) is 0 Å². The molecule has 0 atom stereocenters. The van der Waals surface area contributed by atoms with Crippen LogP contribution in [-0.2, 0) is 9.47 Å². The molecule has 0 heterocycles. The van der Waals surface area contributed by atoms with Crippen LogP contribution in [0.4, 0.5) is 0 Å². The van der Waals surface area contributed by atoms with E-state index in [1.165, 1.54) is 0 Å². The van der Waals surface area contributed by atoms with Crippen molar-refractivity contribution in [2.24, 2.45) is 11.8 Å². The molecule has 0 bridgehead atoms. The van der Waals surface area contributed by atoms with Gasteiger partial charge in [-0.05, 0) is 78.3 Å². The highest BCUT2D eigenvalue weighted by atomic mass is 127. The van der Waals surface area contributed by atoms with Crippen molar-refractivity contribution in [3.8, 4) is 0 Å². The molecule has 0 saturated heterocycles. The van der Waals surface area contributed by atoms with Gasteiger partial charge in [0.2, 0.25) is 0 Å². The van der Waals surface area contributed by atoms with E-state index in [4.69, 9.17) is 9.47 Å². The molecule has 0 aliphatic carbocycles. The fourth-order valence-electron chi connectivity index (χ4n) is 2.66. The van der Waals surface area contributed by atoms with Crippen LogP contribution in [0.1, 0.15) is 86.9 Å². The maximum atomic E-state index is 12.4. The number of esters is 2. The van der Waals surface area contributed by atoms with Gasteiger partial charge >= 0.3 is 11.9 Å². The number of benzene rings is 1. The molecule has 27 heavy (non-hydrogen) atoms. The molecule has 0 radical (unpaired) electrons. The topological polar surface area (TPSA) is 52.6 Å². The van der Waals surface area contributed by atoms with Crippen LogP contribution in [0.2, 0.25) is 0 Å². The van der Waals surface area contributed by atoms with Crippen molar-refractivity contribution in [3.63, 3.8) is 0 Å². The Morgan fingerprint density at radius 1 is 0.815 bits per heavy atom. The molecular weight excluding hydrogens is 455 g/mol. The second-order valence-corrected chi connectivity index (χ2v) is 8.99. The Bertz CT molecular complexity index is 596. The summed E-state index contributed by atoms with van der Waals surface area (Å²) in [6, 6.07) is 5.13. The molecular formula is C22H33IO4. The van der Waals surface area contributed by atoms with Crippen molar-refractivity contribution in [3.05, 3.63) is 32.9 Å². The number of carbonyl (C=O) groups excluding carboxylic acids is 2. The van der Waals surface area contributed by atoms with E-state index < -0.39 is 11.9 Å². The predicted octanol–water partition coefficient (Wildman–Crippen LogP) is 6.26. The number of ether oxygens (including phenoxy) is 2. The Kier molecular flexibility index (Phi) is 11.6. The summed E-state index contributed by atoms with van der Waals surface area (Å²) < 4.78 is 11.6. The van der Waals surface area contributed by atoms with E-state index in [1.54, 1.807) is 18.2 Å². The minimum atomic E-state index is -0.456. The van der Waals surface area contributed by atoms with Crippen molar-refractivity contribution >= 4 is 34.5 Å². The third-order valence-corrected chi connectivity index (χ3v) is 4.91. The monoisotopic (exact) mass is 488 g/mol. The molecule has 1 aromatic carbocycles. The minimum absolute atomic E-state index is 0.284. The molecule has 1 aromatic rings. The summed E-state index contributed by atoms with van der Waals surface area (Å²) in [5, 5.41) is 0. The van der Waals surface area contributed by atoms with Crippen LogP contribution in [0.25, 0.3) is 0 Å². The van der Waals surface area contributed by atoms with E-state index >= 15 is 0 Å². The third-order valence-electron chi connectivity index (χ3n) is 4.24. The first-order valence-electron chi connectivity index (χ1n) is 9.95. The summed E-state index contributed by atoms with van der Waals surface area (Å²) >= 11 is 2.12. The van der Waals surface area contributed by atoms with Crippen molar-refractivity contribution < 1.29 is 19.1 Å². The van der Waals surface area contributed by atoms with Gasteiger partial charge in [-0.2, -0.15) is 0 Å². The first kappa shape index (κ1) is 23.9. The first-order chi connectivity index (χ1) is 12.8. The van der Waals surface area contributed by atoms with Crippen LogP contribution in [-0.4, -0.2) is 25.2 Å². The highest BCUT2D eigenvalue weighted by Gasteiger charge is 2.20. The standard InChI is InChI=1S/C22H33IO4/c1-16(2)9-5-7-13-26-21(24)19-12-11-18(23)15-20(19)22(25)27-14-8-6-10-17(3)4/h11-12,15-17H,5-10,13-14H2,1-4H3. The molecule has 152 valence electrons. The van der Waals surface area contributed by atoms with Gasteiger partial charge in [0, 0.05) is 3.57 Å². The second-order valence-electron chi connectivity index (χ2n) is 7.74. The normalized spacial score (nSPS) is 11.1. The van der Waals surface area contributed by atoms with Crippen LogP contribution in [0.15, 0.2) is 18.2 Å². The molecule has 0 aliphatic rings. The lowest BCUT2D eigenvalue weighted by molar-refractivity contribution is 0.0449. The third kappa shape index (κ3) is 10.1. The predicted molar refractivity (Wildman–Crippen MR) is 117 cm³/mol. The molecule has 4 nitrogen and oxygen atoms in total. The quantitative estimate of drug-likeness (QED) is 0.198. The summed E-state index contributed by atoms with van der Waals surface area (Å²) in [6.45, 7) is 9.47. The summed E-state index contributed by atoms with van der Waals surface area (Å²) in [6.07, 6.45) is 5.98. The lowest BCUT2D eigenvalue weighted by Gasteiger charge is -2.11. The molecule has 5 heteroatoms. The average Bonchev–Trinajstić information content (AvgIpc) is 2.60. The Labute approximate surface area is 177 Å². The van der Waals surface area contributed by atoms with Gasteiger partial charge in [-0.3, -0.25) is 0 Å². The zero-order valence-corrected chi connectivity index (χ0v) is 19.2. The molecule has 0 fully saturated rings. The SMILES string of the molecule is CC(C)CCCCOC(=O)c1ccc(I)cc1C(=O)OCCCCC(C)C. The summed E-state index contributed by atoms with van der Waals surface area (Å²) in [5.74, 6) is 0.393. The van der Waals surface area contributed by atoms with E-state index in [2.05, 4.69) is 50.3 Å². The van der Waals surface area contributed by atoms with Crippen molar-refractivity contribution in [1.29, 1.82) is 0 Å². The fourth-order valence-corrected chi connectivity index (χ4v) is 3.15. The van der Waals surface area contributed by atoms with Crippen LogP contribution in [0.3, 0.4) is 0 Å². The lowest BCUT2D eigenvalue weighted by Crippen LogP contribution is -2.15. The van der Waals surface area contributed by atoms with Crippen LogP contribution in [0, 0.1) is 15.4 Å². The highest BCUT2D eigenvalue weighted by Crippen LogP contribution is 2.17. The molecule has 0 unspecified atom stereocenters. The minimum Gasteiger partial charge on any atom is -0.462 e. The fraction of sp³-hybridized carbons (Fsp3) is 0.636. The van der Waals surface area contributed by atoms with Gasteiger partial charge in [-0.1, -0.05) is 40.5 Å². The number of hydrogen-bond acceptors (Lipinski definition) is 4. The van der Waals surface area contributed by atoms with E-state index in [0.29, 0.717) is 25.0 Å².